The average Bonchev–Trinajstić information content (AvgIpc) is 3.06. The molecule has 0 amide bonds. The Balaban J connectivity index is 1.88. The topological polar surface area (TPSA) is 275 Å². The highest BCUT2D eigenvalue weighted by molar-refractivity contribution is 7.66. The van der Waals surface area contributed by atoms with E-state index in [4.69, 9.17) is 26.7 Å². The molecule has 1 aromatic heterocycles. The number of nitrogens with zero attached hydrogens (tertiary/aromatic N) is 3. The normalized spacial score (nSPS) is 33.2. The molecule has 18 nitrogen and oxygen atoms in total. The third kappa shape index (κ3) is 5.04. The van der Waals surface area contributed by atoms with Crippen molar-refractivity contribution in [3.05, 3.63) is 12.0 Å². The van der Waals surface area contributed by atoms with Gasteiger partial charge in [0.25, 0.3) is 0 Å². The first kappa shape index (κ1) is 28.5. The van der Waals surface area contributed by atoms with Gasteiger partial charge < -0.3 is 40.5 Å². The molecule has 2 aliphatic rings. The number of aromatic nitrogens is 2. The number of phosphoric ester groups is 1. The van der Waals surface area contributed by atoms with Crippen molar-refractivity contribution in [3.8, 4) is 12.3 Å². The van der Waals surface area contributed by atoms with Crippen LogP contribution in [0, 0.1) is 12.3 Å². The van der Waals surface area contributed by atoms with Gasteiger partial charge in [-0.2, -0.15) is 8.62 Å². The lowest BCUT2D eigenvalue weighted by molar-refractivity contribution is -0.114. The first-order valence-electron chi connectivity index (χ1n) is 9.25. The smallest absolute Gasteiger partial charge is 0.371 e. The fourth-order valence-electron chi connectivity index (χ4n) is 3.54. The maximum absolute atomic E-state index is 15.8. The van der Waals surface area contributed by atoms with Gasteiger partial charge in [0.15, 0.2) is 24.1 Å². The standard InChI is InChI=1S/C14H19FN5O13P3/c1-3-13(22)10(20-7-18-8(4-21)9(20)19-11(16)17-2)31-12(5-14(12,13)15)6-30-35(26,27)33-36(28,29)32-34(23,24)25/h1,4,7,10,22H,5-6H2,2H3,(H,26,27)(H,28,29)(H3,16,17,19)(H2,23,24,25). The first-order valence-corrected chi connectivity index (χ1v) is 13.8. The van der Waals surface area contributed by atoms with Crippen LogP contribution < -0.4 is 11.1 Å². The number of carbonyl (C=O) groups excluding carboxylic acids is 1. The zero-order valence-corrected chi connectivity index (χ0v) is 20.5. The molecular weight excluding hydrogens is 558 g/mol. The molecule has 3 rings (SSSR count). The van der Waals surface area contributed by atoms with Crippen molar-refractivity contribution in [2.45, 2.75) is 29.5 Å². The van der Waals surface area contributed by atoms with Crippen LogP contribution in [0.4, 0.5) is 10.2 Å². The van der Waals surface area contributed by atoms with Crippen LogP contribution in [0.1, 0.15) is 23.1 Å². The monoisotopic (exact) mass is 577 g/mol. The van der Waals surface area contributed by atoms with Gasteiger partial charge in [-0.05, 0) is 0 Å². The minimum atomic E-state index is -5.83. The Bertz CT molecular complexity index is 1290. The van der Waals surface area contributed by atoms with Crippen molar-refractivity contribution >= 4 is 41.5 Å². The third-order valence-electron chi connectivity index (χ3n) is 5.20. The number of anilines is 1. The van der Waals surface area contributed by atoms with E-state index in [-0.39, 0.29) is 17.5 Å². The molecule has 1 aromatic rings. The molecule has 22 heteroatoms. The van der Waals surface area contributed by atoms with E-state index in [0.717, 1.165) is 10.9 Å². The van der Waals surface area contributed by atoms with Crippen LogP contribution in [-0.2, 0) is 31.6 Å². The molecule has 36 heavy (non-hydrogen) atoms. The molecule has 200 valence electrons. The molecule has 2 fully saturated rings. The number of hydrogen-bond acceptors (Lipinski definition) is 11. The molecule has 0 spiro atoms. The van der Waals surface area contributed by atoms with E-state index in [1.54, 1.807) is 0 Å². The number of terminal acetylenes is 1. The number of aldehydes is 1. The van der Waals surface area contributed by atoms with Gasteiger partial charge >= 0.3 is 23.5 Å². The third-order valence-corrected chi connectivity index (χ3v) is 8.98. The number of imidazole rings is 1. The first-order chi connectivity index (χ1) is 16.4. The number of carbonyl (C=O) groups is 1. The molecule has 1 saturated heterocycles. The molecule has 0 aromatic carbocycles. The van der Waals surface area contributed by atoms with E-state index in [2.05, 4.69) is 28.4 Å². The zero-order valence-electron chi connectivity index (χ0n) is 17.9. The van der Waals surface area contributed by atoms with E-state index < -0.39 is 59.6 Å². The van der Waals surface area contributed by atoms with Crippen molar-refractivity contribution in [2.24, 2.45) is 10.7 Å². The quantitative estimate of drug-likeness (QED) is 0.0586. The van der Waals surface area contributed by atoms with Crippen LogP contribution in [-0.4, -0.2) is 77.0 Å². The fraction of sp³-hybridized carbons (Fsp3) is 0.500. The number of fused-ring (bicyclic) bond motifs is 1. The van der Waals surface area contributed by atoms with E-state index in [1.807, 2.05) is 5.92 Å². The van der Waals surface area contributed by atoms with E-state index in [1.165, 1.54) is 7.05 Å². The van der Waals surface area contributed by atoms with Crippen molar-refractivity contribution in [1.82, 2.24) is 9.55 Å². The Hall–Kier alpha value is -2.03. The number of hydrogen-bond donors (Lipinski definition) is 7. The number of alkyl halides is 1. The number of aliphatic hydroxyl groups is 1. The van der Waals surface area contributed by atoms with Crippen molar-refractivity contribution in [1.29, 1.82) is 0 Å². The summed E-state index contributed by atoms with van der Waals surface area (Å²) in [5, 5.41) is 13.5. The maximum atomic E-state index is 15.8. The molecule has 0 bridgehead atoms. The van der Waals surface area contributed by atoms with Crippen molar-refractivity contribution in [3.63, 3.8) is 0 Å². The number of aliphatic imine (C=N–C) groups is 1. The van der Waals surface area contributed by atoms with Crippen molar-refractivity contribution < 1.29 is 65.4 Å². The number of rotatable bonds is 10. The molecule has 6 atom stereocenters. The lowest BCUT2D eigenvalue weighted by Crippen LogP contribution is -2.46. The number of nitrogens with one attached hydrogen (secondary N) is 1. The largest absolute Gasteiger partial charge is 0.490 e. The Morgan fingerprint density at radius 1 is 1.42 bits per heavy atom. The number of nitrogens with two attached hydrogens (primary N) is 1. The Morgan fingerprint density at radius 2 is 2.06 bits per heavy atom. The summed E-state index contributed by atoms with van der Waals surface area (Å²) >= 11 is 0. The second-order valence-electron chi connectivity index (χ2n) is 7.45. The average molecular weight is 577 g/mol. The lowest BCUT2D eigenvalue weighted by Gasteiger charge is -2.30. The highest BCUT2D eigenvalue weighted by Gasteiger charge is 2.88. The van der Waals surface area contributed by atoms with E-state index >= 15 is 4.39 Å². The number of phosphoric acid groups is 3. The van der Waals surface area contributed by atoms with Gasteiger partial charge in [-0.25, -0.2) is 23.1 Å². The van der Waals surface area contributed by atoms with Gasteiger partial charge in [0.1, 0.15) is 17.1 Å². The Morgan fingerprint density at radius 3 is 2.58 bits per heavy atom. The molecule has 0 radical (unpaired) electrons. The highest BCUT2D eigenvalue weighted by atomic mass is 31.3. The van der Waals surface area contributed by atoms with E-state index in [0.29, 0.717) is 6.29 Å². The summed E-state index contributed by atoms with van der Waals surface area (Å²) in [5.74, 6) is 1.42. The summed E-state index contributed by atoms with van der Waals surface area (Å²) in [4.78, 5) is 54.8. The maximum Gasteiger partial charge on any atom is 0.490 e. The summed E-state index contributed by atoms with van der Waals surface area (Å²) in [6.45, 7) is -1.22. The molecule has 1 aliphatic heterocycles. The lowest BCUT2D eigenvalue weighted by atomic mass is 9.94. The SMILES string of the molecule is C#CC1(O)C(n2cnc(C=O)c2NC(N)=NC)OC2(COP(=O)(O)OP(=O)(O)OP(=O)(O)O)CC21F. The predicted octanol–water partition coefficient (Wildman–Crippen LogP) is -0.861. The summed E-state index contributed by atoms with van der Waals surface area (Å²) in [5.41, 5.74) is -2.49. The fourth-order valence-corrected chi connectivity index (χ4v) is 6.61. The van der Waals surface area contributed by atoms with Gasteiger partial charge in [0.05, 0.1) is 12.9 Å². The summed E-state index contributed by atoms with van der Waals surface area (Å²) in [6.07, 6.45) is 4.11. The van der Waals surface area contributed by atoms with Crippen molar-refractivity contribution in [2.75, 3.05) is 19.0 Å². The summed E-state index contributed by atoms with van der Waals surface area (Å²) in [6, 6.07) is 0. The molecule has 6 unspecified atom stereocenters. The molecule has 8 N–H and O–H groups in total. The van der Waals surface area contributed by atoms with Gasteiger partial charge in [-0.15, -0.1) is 6.42 Å². The van der Waals surface area contributed by atoms with Crippen LogP contribution in [0.15, 0.2) is 11.3 Å². The second-order valence-corrected chi connectivity index (χ2v) is 11.9. The molecular formula is C14H19FN5O13P3. The predicted molar refractivity (Wildman–Crippen MR) is 114 cm³/mol. The van der Waals surface area contributed by atoms with Crippen LogP contribution in [0.2, 0.25) is 0 Å². The number of halogens is 1. The zero-order chi connectivity index (χ0) is 27.4. The molecule has 1 saturated carbocycles. The second kappa shape index (κ2) is 9.07. The highest BCUT2D eigenvalue weighted by Crippen LogP contribution is 2.72. The van der Waals surface area contributed by atoms with Crippen LogP contribution >= 0.6 is 23.5 Å². The van der Waals surface area contributed by atoms with Crippen LogP contribution in [0.25, 0.3) is 0 Å². The van der Waals surface area contributed by atoms with Crippen LogP contribution in [0.3, 0.4) is 0 Å². The summed E-state index contributed by atoms with van der Waals surface area (Å²) in [7, 11) is -15.8. The number of ether oxygens (including phenoxy) is 1. The molecule has 1 aliphatic carbocycles. The van der Waals surface area contributed by atoms with Gasteiger partial charge in [0.2, 0.25) is 5.60 Å². The van der Waals surface area contributed by atoms with Gasteiger partial charge in [0, 0.05) is 13.5 Å². The number of guanidine groups is 1. The molecule has 2 heterocycles. The van der Waals surface area contributed by atoms with Gasteiger partial charge in [-0.3, -0.25) is 18.9 Å². The Kier molecular flexibility index (Phi) is 7.19. The Labute approximate surface area is 200 Å². The summed E-state index contributed by atoms with van der Waals surface area (Å²) < 4.78 is 68.2. The minimum Gasteiger partial charge on any atom is -0.371 e. The van der Waals surface area contributed by atoms with E-state index in [9.17, 15) is 33.4 Å². The minimum absolute atomic E-state index is 0.209. The van der Waals surface area contributed by atoms with Crippen LogP contribution in [0.5, 0.6) is 0 Å². The van der Waals surface area contributed by atoms with Gasteiger partial charge in [-0.1, -0.05) is 5.92 Å².